The highest BCUT2D eigenvalue weighted by molar-refractivity contribution is 7.99. The minimum atomic E-state index is 0.741. The molecule has 0 bridgehead atoms. The van der Waals surface area contributed by atoms with Gasteiger partial charge in [-0.2, -0.15) is 0 Å². The maximum Gasteiger partial charge on any atom is 0.116 e. The molecule has 0 aliphatic heterocycles. The molecule has 2 rings (SSSR count). The van der Waals surface area contributed by atoms with Gasteiger partial charge in [-0.15, -0.1) is 11.8 Å². The molecule has 0 spiro atoms. The third-order valence-corrected chi connectivity index (χ3v) is 4.22. The summed E-state index contributed by atoms with van der Waals surface area (Å²) in [6, 6.07) is 2.71. The summed E-state index contributed by atoms with van der Waals surface area (Å²) in [5, 5.41) is 4.73. The Balaban J connectivity index is 1.60. The summed E-state index contributed by atoms with van der Waals surface area (Å²) in [7, 11) is 0. The lowest BCUT2D eigenvalue weighted by molar-refractivity contribution is 0.306. The van der Waals surface area contributed by atoms with Crippen molar-refractivity contribution in [2.24, 2.45) is 5.92 Å². The Labute approximate surface area is 108 Å². The zero-order chi connectivity index (χ0) is 11.9. The average molecular weight is 251 g/mol. The molecule has 2 unspecified atom stereocenters. The Hall–Kier alpha value is -0.610. The number of nitrogens with one attached hydrogen (secondary N) is 1. The van der Waals surface area contributed by atoms with Gasteiger partial charge < -0.3 is 5.32 Å². The van der Waals surface area contributed by atoms with E-state index < -0.39 is 0 Å². The molecule has 0 saturated heterocycles. The van der Waals surface area contributed by atoms with E-state index in [-0.39, 0.29) is 0 Å². The molecule has 1 saturated carbocycles. The normalized spacial score (nSPS) is 24.8. The zero-order valence-corrected chi connectivity index (χ0v) is 11.2. The van der Waals surface area contributed by atoms with Crippen LogP contribution >= 0.6 is 11.8 Å². The summed E-state index contributed by atoms with van der Waals surface area (Å²) in [4.78, 5) is 8.11. The van der Waals surface area contributed by atoms with Crippen molar-refractivity contribution in [1.29, 1.82) is 0 Å². The van der Waals surface area contributed by atoms with Gasteiger partial charge in [-0.25, -0.2) is 9.97 Å². The standard InChI is InChI=1S/C13H21N3S/c1-11-3-2-4-12(9-11)15-7-8-17-13-5-6-14-10-16-13/h5-6,10-12,15H,2-4,7-9H2,1H3. The van der Waals surface area contributed by atoms with Gasteiger partial charge in [0.25, 0.3) is 0 Å². The fourth-order valence-electron chi connectivity index (χ4n) is 2.40. The number of nitrogens with zero attached hydrogens (tertiary/aromatic N) is 2. The molecule has 1 aliphatic carbocycles. The van der Waals surface area contributed by atoms with Crippen molar-refractivity contribution in [3.05, 3.63) is 18.6 Å². The highest BCUT2D eigenvalue weighted by atomic mass is 32.2. The summed E-state index contributed by atoms with van der Waals surface area (Å²) >= 11 is 1.80. The SMILES string of the molecule is CC1CCCC(NCCSc2ccncn2)C1. The molecule has 17 heavy (non-hydrogen) atoms. The molecule has 0 radical (unpaired) electrons. The summed E-state index contributed by atoms with van der Waals surface area (Å²) in [5.41, 5.74) is 0. The Morgan fingerprint density at radius 3 is 3.18 bits per heavy atom. The van der Waals surface area contributed by atoms with Gasteiger partial charge in [0.1, 0.15) is 6.33 Å². The number of rotatable bonds is 5. The zero-order valence-electron chi connectivity index (χ0n) is 10.4. The maximum atomic E-state index is 4.20. The highest BCUT2D eigenvalue weighted by Gasteiger charge is 2.17. The topological polar surface area (TPSA) is 37.8 Å². The van der Waals surface area contributed by atoms with Crippen LogP contribution in [0, 0.1) is 5.92 Å². The second-order valence-electron chi connectivity index (χ2n) is 4.82. The highest BCUT2D eigenvalue weighted by Crippen LogP contribution is 2.23. The predicted molar refractivity (Wildman–Crippen MR) is 72.2 cm³/mol. The lowest BCUT2D eigenvalue weighted by Gasteiger charge is -2.27. The first-order valence-electron chi connectivity index (χ1n) is 6.47. The molecule has 4 heteroatoms. The summed E-state index contributed by atoms with van der Waals surface area (Å²) < 4.78 is 0. The molecular formula is C13H21N3S. The van der Waals surface area contributed by atoms with Gasteiger partial charge in [0, 0.05) is 24.5 Å². The minimum Gasteiger partial charge on any atom is -0.313 e. The largest absolute Gasteiger partial charge is 0.313 e. The molecule has 1 aliphatic rings. The second kappa shape index (κ2) is 6.97. The molecule has 1 N–H and O–H groups in total. The Morgan fingerprint density at radius 2 is 2.41 bits per heavy atom. The molecule has 0 amide bonds. The monoisotopic (exact) mass is 251 g/mol. The van der Waals surface area contributed by atoms with Gasteiger partial charge in [0.05, 0.1) is 5.03 Å². The first-order valence-corrected chi connectivity index (χ1v) is 7.45. The van der Waals surface area contributed by atoms with Crippen LogP contribution < -0.4 is 5.32 Å². The van der Waals surface area contributed by atoms with Gasteiger partial charge in [-0.1, -0.05) is 19.8 Å². The van der Waals surface area contributed by atoms with Gasteiger partial charge in [0.2, 0.25) is 0 Å². The third kappa shape index (κ3) is 4.64. The fraction of sp³-hybridized carbons (Fsp3) is 0.692. The van der Waals surface area contributed by atoms with E-state index in [0.29, 0.717) is 0 Å². The van der Waals surface area contributed by atoms with E-state index >= 15 is 0 Å². The van der Waals surface area contributed by atoms with Gasteiger partial charge in [0.15, 0.2) is 0 Å². The third-order valence-electron chi connectivity index (χ3n) is 3.28. The van der Waals surface area contributed by atoms with Crippen molar-refractivity contribution in [3.8, 4) is 0 Å². The van der Waals surface area contributed by atoms with E-state index in [1.165, 1.54) is 25.7 Å². The number of thioether (sulfide) groups is 1. The summed E-state index contributed by atoms with van der Waals surface area (Å²) in [5.74, 6) is 1.98. The Bertz CT molecular complexity index is 318. The predicted octanol–water partition coefficient (Wildman–Crippen LogP) is 2.74. The molecule has 1 aromatic rings. The molecule has 1 aromatic heterocycles. The van der Waals surface area contributed by atoms with Crippen molar-refractivity contribution in [2.45, 2.75) is 43.7 Å². The van der Waals surface area contributed by atoms with Crippen LogP contribution in [0.1, 0.15) is 32.6 Å². The van der Waals surface area contributed by atoms with E-state index in [0.717, 1.165) is 29.3 Å². The van der Waals surface area contributed by atoms with Crippen molar-refractivity contribution < 1.29 is 0 Å². The van der Waals surface area contributed by atoms with E-state index in [2.05, 4.69) is 22.2 Å². The van der Waals surface area contributed by atoms with Gasteiger partial charge in [-0.05, 0) is 24.8 Å². The lowest BCUT2D eigenvalue weighted by Crippen LogP contribution is -2.34. The lowest BCUT2D eigenvalue weighted by atomic mass is 9.87. The van der Waals surface area contributed by atoms with Crippen LogP contribution in [0.3, 0.4) is 0 Å². The smallest absolute Gasteiger partial charge is 0.116 e. The van der Waals surface area contributed by atoms with Gasteiger partial charge in [-0.3, -0.25) is 0 Å². The van der Waals surface area contributed by atoms with Crippen molar-refractivity contribution in [2.75, 3.05) is 12.3 Å². The molecule has 1 fully saturated rings. The van der Waals surface area contributed by atoms with Gasteiger partial charge >= 0.3 is 0 Å². The number of hydrogen-bond donors (Lipinski definition) is 1. The Morgan fingerprint density at radius 1 is 1.47 bits per heavy atom. The van der Waals surface area contributed by atoms with Crippen molar-refractivity contribution in [3.63, 3.8) is 0 Å². The quantitative estimate of drug-likeness (QED) is 0.496. The van der Waals surface area contributed by atoms with Crippen molar-refractivity contribution in [1.82, 2.24) is 15.3 Å². The van der Waals surface area contributed by atoms with Crippen LogP contribution in [0.5, 0.6) is 0 Å². The fourth-order valence-corrected chi connectivity index (χ4v) is 3.11. The van der Waals surface area contributed by atoms with E-state index in [4.69, 9.17) is 0 Å². The molecule has 94 valence electrons. The molecule has 2 atom stereocenters. The first-order chi connectivity index (χ1) is 8.34. The average Bonchev–Trinajstić information content (AvgIpc) is 2.36. The summed E-state index contributed by atoms with van der Waals surface area (Å²) in [6.45, 7) is 3.44. The first kappa shape index (κ1) is 12.8. The van der Waals surface area contributed by atoms with Crippen LogP contribution in [-0.2, 0) is 0 Å². The van der Waals surface area contributed by atoms with Crippen LogP contribution in [-0.4, -0.2) is 28.3 Å². The van der Waals surface area contributed by atoms with Crippen LogP contribution in [0.15, 0.2) is 23.6 Å². The van der Waals surface area contributed by atoms with Crippen LogP contribution in [0.2, 0.25) is 0 Å². The summed E-state index contributed by atoms with van der Waals surface area (Å²) in [6.07, 6.45) is 8.90. The Kier molecular flexibility index (Phi) is 5.26. The van der Waals surface area contributed by atoms with Crippen molar-refractivity contribution >= 4 is 11.8 Å². The molecule has 3 nitrogen and oxygen atoms in total. The van der Waals surface area contributed by atoms with E-state index in [9.17, 15) is 0 Å². The molecule has 1 heterocycles. The molecular weight excluding hydrogens is 230 g/mol. The second-order valence-corrected chi connectivity index (χ2v) is 5.93. The van der Waals surface area contributed by atoms with Crippen LogP contribution in [0.4, 0.5) is 0 Å². The number of aromatic nitrogens is 2. The van der Waals surface area contributed by atoms with E-state index in [1.54, 1.807) is 24.3 Å². The maximum absolute atomic E-state index is 4.20. The van der Waals surface area contributed by atoms with E-state index in [1.807, 2.05) is 6.07 Å². The molecule has 0 aromatic carbocycles. The van der Waals surface area contributed by atoms with Crippen LogP contribution in [0.25, 0.3) is 0 Å². The number of hydrogen-bond acceptors (Lipinski definition) is 4. The minimum absolute atomic E-state index is 0.741.